The molecular weight excluding hydrogens is 300 g/mol. The second kappa shape index (κ2) is 5.32. The lowest BCUT2D eigenvalue weighted by atomic mass is 10.1. The first-order chi connectivity index (χ1) is 10.1. The van der Waals surface area contributed by atoms with Crippen molar-refractivity contribution in [3.8, 4) is 11.5 Å². The van der Waals surface area contributed by atoms with Crippen LogP contribution in [0.15, 0.2) is 28.0 Å². The fourth-order valence-corrected chi connectivity index (χ4v) is 4.80. The second-order valence-electron chi connectivity index (χ2n) is 5.65. The molecule has 22 heavy (non-hydrogen) atoms. The molecule has 2 rings (SSSR count). The maximum Gasteiger partial charge on any atom is 0.211 e. The van der Waals surface area contributed by atoms with Crippen molar-refractivity contribution in [3.05, 3.63) is 46.0 Å². The van der Waals surface area contributed by atoms with Crippen LogP contribution >= 0.6 is 0 Å². The molecule has 0 saturated heterocycles. The van der Waals surface area contributed by atoms with Crippen molar-refractivity contribution in [1.29, 1.82) is 0 Å². The van der Waals surface area contributed by atoms with Crippen LogP contribution in [0.1, 0.15) is 27.8 Å². The molecule has 0 saturated carbocycles. The van der Waals surface area contributed by atoms with Gasteiger partial charge in [-0.05, 0) is 69.0 Å². The zero-order chi connectivity index (χ0) is 16.8. The third-order valence-corrected chi connectivity index (χ3v) is 6.41. The van der Waals surface area contributed by atoms with Crippen LogP contribution in [0.3, 0.4) is 0 Å². The number of rotatable bonds is 2. The molecule has 0 bridgehead atoms. The van der Waals surface area contributed by atoms with Gasteiger partial charge >= 0.3 is 0 Å². The second-order valence-corrected chi connectivity index (χ2v) is 7.47. The molecule has 0 amide bonds. The number of hydrogen-bond donors (Lipinski definition) is 2. The summed E-state index contributed by atoms with van der Waals surface area (Å²) in [6.07, 6.45) is 0. The van der Waals surface area contributed by atoms with E-state index in [-0.39, 0.29) is 21.3 Å². The summed E-state index contributed by atoms with van der Waals surface area (Å²) in [6, 6.07) is 4.61. The van der Waals surface area contributed by atoms with Gasteiger partial charge in [0.2, 0.25) is 9.84 Å². The minimum atomic E-state index is -3.94. The van der Waals surface area contributed by atoms with E-state index < -0.39 is 9.84 Å². The minimum Gasteiger partial charge on any atom is -0.508 e. The standard InChI is InChI=1S/C17H20O4S/c1-9-6-7-14(18)17(11(9)3)22(20,21)16-12(4)10(2)8-15(19)13(16)5/h6-8,18-19H,1-5H3. The number of phenols is 2. The Morgan fingerprint density at radius 1 is 0.727 bits per heavy atom. The van der Waals surface area contributed by atoms with Crippen molar-refractivity contribution in [3.63, 3.8) is 0 Å². The lowest BCUT2D eigenvalue weighted by Crippen LogP contribution is -2.10. The molecule has 0 aliphatic rings. The van der Waals surface area contributed by atoms with Crippen LogP contribution in [0, 0.1) is 34.6 Å². The highest BCUT2D eigenvalue weighted by Crippen LogP contribution is 2.38. The minimum absolute atomic E-state index is 0.0635. The summed E-state index contributed by atoms with van der Waals surface area (Å²) >= 11 is 0. The van der Waals surface area contributed by atoms with Crippen LogP contribution < -0.4 is 0 Å². The summed E-state index contributed by atoms with van der Waals surface area (Å²) in [5, 5.41) is 20.1. The predicted molar refractivity (Wildman–Crippen MR) is 85.4 cm³/mol. The van der Waals surface area contributed by atoms with Crippen molar-refractivity contribution in [2.24, 2.45) is 0 Å². The van der Waals surface area contributed by atoms with E-state index in [9.17, 15) is 18.6 Å². The highest BCUT2D eigenvalue weighted by atomic mass is 32.2. The van der Waals surface area contributed by atoms with Gasteiger partial charge in [-0.1, -0.05) is 6.07 Å². The molecule has 0 fully saturated rings. The number of aryl methyl sites for hydroxylation is 2. The van der Waals surface area contributed by atoms with Gasteiger partial charge < -0.3 is 10.2 Å². The van der Waals surface area contributed by atoms with E-state index in [1.54, 1.807) is 46.8 Å². The van der Waals surface area contributed by atoms with E-state index in [2.05, 4.69) is 0 Å². The summed E-state index contributed by atoms with van der Waals surface area (Å²) < 4.78 is 26.2. The molecule has 5 heteroatoms. The van der Waals surface area contributed by atoms with Crippen LogP contribution in [0.4, 0.5) is 0 Å². The fourth-order valence-electron chi connectivity index (χ4n) is 2.62. The Hall–Kier alpha value is -2.01. The van der Waals surface area contributed by atoms with E-state index in [4.69, 9.17) is 0 Å². The Kier molecular flexibility index (Phi) is 3.96. The monoisotopic (exact) mass is 320 g/mol. The van der Waals surface area contributed by atoms with Gasteiger partial charge in [0.15, 0.2) is 0 Å². The van der Waals surface area contributed by atoms with Crippen molar-refractivity contribution in [2.45, 2.75) is 44.4 Å². The normalized spacial score (nSPS) is 11.7. The summed E-state index contributed by atoms with van der Waals surface area (Å²) in [6.45, 7) is 8.48. The molecule has 0 atom stereocenters. The van der Waals surface area contributed by atoms with Crippen LogP contribution in [0.2, 0.25) is 0 Å². The largest absolute Gasteiger partial charge is 0.508 e. The smallest absolute Gasteiger partial charge is 0.211 e. The van der Waals surface area contributed by atoms with Gasteiger partial charge in [-0.15, -0.1) is 0 Å². The van der Waals surface area contributed by atoms with Gasteiger partial charge in [-0.25, -0.2) is 8.42 Å². The van der Waals surface area contributed by atoms with E-state index in [0.29, 0.717) is 22.3 Å². The Bertz CT molecular complexity index is 839. The van der Waals surface area contributed by atoms with Crippen molar-refractivity contribution in [2.75, 3.05) is 0 Å². The third kappa shape index (κ3) is 2.35. The molecular formula is C17H20O4S. The van der Waals surface area contributed by atoms with Gasteiger partial charge in [0, 0.05) is 5.56 Å². The molecule has 0 heterocycles. The third-order valence-electron chi connectivity index (χ3n) is 4.20. The van der Waals surface area contributed by atoms with E-state index in [0.717, 1.165) is 5.56 Å². The lowest BCUT2D eigenvalue weighted by molar-refractivity contribution is 0.456. The molecule has 0 aliphatic heterocycles. The molecule has 2 N–H and O–H groups in total. The summed E-state index contributed by atoms with van der Waals surface area (Å²) in [4.78, 5) is -0.0299. The molecule has 0 aromatic heterocycles. The van der Waals surface area contributed by atoms with Crippen molar-refractivity contribution >= 4 is 9.84 Å². The van der Waals surface area contributed by atoms with Gasteiger partial charge in [0.1, 0.15) is 16.4 Å². The summed E-state index contributed by atoms with van der Waals surface area (Å²) in [7, 11) is -3.94. The Morgan fingerprint density at radius 2 is 1.27 bits per heavy atom. The van der Waals surface area contributed by atoms with Crippen LogP contribution in [0.5, 0.6) is 11.5 Å². The number of sulfone groups is 1. The average Bonchev–Trinajstić information content (AvgIpc) is 2.41. The van der Waals surface area contributed by atoms with Crippen molar-refractivity contribution in [1.82, 2.24) is 0 Å². The van der Waals surface area contributed by atoms with Gasteiger partial charge in [-0.2, -0.15) is 0 Å². The van der Waals surface area contributed by atoms with Gasteiger partial charge in [0.25, 0.3) is 0 Å². The first-order valence-electron chi connectivity index (χ1n) is 6.93. The highest BCUT2D eigenvalue weighted by Gasteiger charge is 2.29. The summed E-state index contributed by atoms with van der Waals surface area (Å²) in [5.41, 5.74) is 2.86. The Labute approximate surface area is 131 Å². The van der Waals surface area contributed by atoms with Crippen molar-refractivity contribution < 1.29 is 18.6 Å². The number of benzene rings is 2. The number of phenolic OH excluding ortho intramolecular Hbond substituents is 2. The molecule has 2 aromatic rings. The highest BCUT2D eigenvalue weighted by molar-refractivity contribution is 7.91. The predicted octanol–water partition coefficient (Wildman–Crippen LogP) is 3.47. The molecule has 4 nitrogen and oxygen atoms in total. The topological polar surface area (TPSA) is 74.6 Å². The molecule has 2 aromatic carbocycles. The first kappa shape index (κ1) is 16.4. The SMILES string of the molecule is Cc1ccc(O)c(S(=O)(=O)c2c(C)c(C)cc(O)c2C)c1C. The maximum absolute atomic E-state index is 13.1. The van der Waals surface area contributed by atoms with Gasteiger partial charge in [0.05, 0.1) is 4.90 Å². The molecule has 0 radical (unpaired) electrons. The van der Waals surface area contributed by atoms with E-state index in [1.807, 2.05) is 0 Å². The lowest BCUT2D eigenvalue weighted by Gasteiger charge is -2.17. The zero-order valence-corrected chi connectivity index (χ0v) is 14.2. The Balaban J connectivity index is 2.93. The average molecular weight is 320 g/mol. The van der Waals surface area contributed by atoms with E-state index in [1.165, 1.54) is 6.07 Å². The van der Waals surface area contributed by atoms with Crippen LogP contribution in [0.25, 0.3) is 0 Å². The van der Waals surface area contributed by atoms with Crippen LogP contribution in [-0.4, -0.2) is 18.6 Å². The molecule has 0 unspecified atom stereocenters. The first-order valence-corrected chi connectivity index (χ1v) is 8.41. The Morgan fingerprint density at radius 3 is 1.86 bits per heavy atom. The zero-order valence-electron chi connectivity index (χ0n) is 13.4. The molecule has 118 valence electrons. The number of hydrogen-bond acceptors (Lipinski definition) is 4. The fraction of sp³-hybridized carbons (Fsp3) is 0.294. The van der Waals surface area contributed by atoms with Gasteiger partial charge in [-0.3, -0.25) is 0 Å². The molecule has 0 spiro atoms. The summed E-state index contributed by atoms with van der Waals surface area (Å²) in [5.74, 6) is -0.339. The molecule has 0 aliphatic carbocycles. The number of aromatic hydroxyl groups is 2. The quantitative estimate of drug-likeness (QED) is 0.888. The maximum atomic E-state index is 13.1. The van der Waals surface area contributed by atoms with Crippen LogP contribution in [-0.2, 0) is 9.84 Å². The van der Waals surface area contributed by atoms with E-state index >= 15 is 0 Å².